The molecule has 0 aromatic carbocycles. The topological polar surface area (TPSA) is 37.3 Å². The van der Waals surface area contributed by atoms with Crippen LogP contribution in [0.2, 0.25) is 0 Å². The van der Waals surface area contributed by atoms with Crippen LogP contribution in [0.25, 0.3) is 0 Å². The van der Waals surface area contributed by atoms with Gasteiger partial charge in [0.2, 0.25) is 0 Å². The molecule has 142 valence electrons. The Morgan fingerprint density at radius 1 is 0.960 bits per heavy atom. The van der Waals surface area contributed by atoms with E-state index in [1.807, 2.05) is 6.92 Å². The highest BCUT2D eigenvalue weighted by Gasteiger charge is 2.61. The molecule has 0 bridgehead atoms. The van der Waals surface area contributed by atoms with Gasteiger partial charge in [0.1, 0.15) is 5.78 Å². The fraction of sp³-hybridized carbons (Fsp3) is 0.955. The van der Waals surface area contributed by atoms with E-state index in [4.69, 9.17) is 0 Å². The number of alkyl halides is 1. The number of halogens is 1. The van der Waals surface area contributed by atoms with Gasteiger partial charge in [0.05, 0.1) is 10.9 Å². The average Bonchev–Trinajstić information content (AvgIpc) is 2.92. The lowest BCUT2D eigenvalue weighted by Crippen LogP contribution is -2.55. The van der Waals surface area contributed by atoms with E-state index in [-0.39, 0.29) is 11.3 Å². The quantitative estimate of drug-likeness (QED) is 0.621. The molecule has 0 aromatic heterocycles. The van der Waals surface area contributed by atoms with Gasteiger partial charge in [-0.3, -0.25) is 4.79 Å². The van der Waals surface area contributed by atoms with E-state index in [1.54, 1.807) is 0 Å². The van der Waals surface area contributed by atoms with Crippen LogP contribution in [-0.2, 0) is 4.79 Å². The summed E-state index contributed by atoms with van der Waals surface area (Å²) in [4.78, 5) is 12.5. The molecule has 4 aliphatic rings. The van der Waals surface area contributed by atoms with Gasteiger partial charge in [0.25, 0.3) is 0 Å². The van der Waals surface area contributed by atoms with Gasteiger partial charge in [0, 0.05) is 5.92 Å². The molecule has 0 aromatic rings. The number of carbonyl (C=O) groups excluding carboxylic acids is 1. The largest absolute Gasteiger partial charge is 0.390 e. The zero-order valence-electron chi connectivity index (χ0n) is 16.2. The van der Waals surface area contributed by atoms with Crippen molar-refractivity contribution in [3.8, 4) is 0 Å². The van der Waals surface area contributed by atoms with Crippen molar-refractivity contribution < 1.29 is 9.90 Å². The van der Waals surface area contributed by atoms with Gasteiger partial charge in [-0.15, -0.1) is 0 Å². The summed E-state index contributed by atoms with van der Waals surface area (Å²) in [6, 6.07) is 0. The molecule has 25 heavy (non-hydrogen) atoms. The van der Waals surface area contributed by atoms with Crippen molar-refractivity contribution in [2.45, 2.75) is 84.2 Å². The molecule has 8 atom stereocenters. The van der Waals surface area contributed by atoms with Gasteiger partial charge in [-0.2, -0.15) is 0 Å². The normalized spacial score (nSPS) is 55.2. The molecular weight excluding hydrogens is 376 g/mol. The maximum atomic E-state index is 12.5. The SMILES string of the molecule is C[C@]1(O)CC[C@]2(C)[C@H](CC[C@@H]3[C@H]2CC[C@]2(C)[C@@H](C(=O)CBr)CC[C@@H]32)C1. The summed E-state index contributed by atoms with van der Waals surface area (Å²) in [6.07, 6.45) is 10.7. The Kier molecular flexibility index (Phi) is 4.47. The Balaban J connectivity index is 1.59. The maximum Gasteiger partial charge on any atom is 0.147 e. The van der Waals surface area contributed by atoms with Crippen LogP contribution in [0.1, 0.15) is 78.6 Å². The van der Waals surface area contributed by atoms with Crippen molar-refractivity contribution in [2.75, 3.05) is 5.33 Å². The van der Waals surface area contributed by atoms with E-state index < -0.39 is 5.60 Å². The van der Waals surface area contributed by atoms with E-state index in [0.29, 0.717) is 22.4 Å². The smallest absolute Gasteiger partial charge is 0.147 e. The minimum absolute atomic E-state index is 0.245. The first kappa shape index (κ1) is 18.5. The number of rotatable bonds is 2. The second kappa shape index (κ2) is 6.06. The fourth-order valence-electron chi connectivity index (χ4n) is 8.05. The first-order valence-electron chi connectivity index (χ1n) is 10.5. The molecule has 4 rings (SSSR count). The molecule has 4 saturated carbocycles. The molecule has 4 fully saturated rings. The summed E-state index contributed by atoms with van der Waals surface area (Å²) in [5.74, 6) is 3.81. The van der Waals surface area contributed by atoms with E-state index in [1.165, 1.54) is 38.5 Å². The van der Waals surface area contributed by atoms with Crippen LogP contribution in [0.4, 0.5) is 0 Å². The van der Waals surface area contributed by atoms with E-state index in [2.05, 4.69) is 29.8 Å². The highest BCUT2D eigenvalue weighted by atomic mass is 79.9. The van der Waals surface area contributed by atoms with Crippen molar-refractivity contribution in [2.24, 2.45) is 40.4 Å². The molecule has 2 nitrogen and oxygen atoms in total. The molecular formula is C22H35BrO2. The lowest BCUT2D eigenvalue weighted by molar-refractivity contribution is -0.150. The zero-order valence-corrected chi connectivity index (χ0v) is 17.8. The minimum Gasteiger partial charge on any atom is -0.390 e. The number of hydrogen-bond acceptors (Lipinski definition) is 2. The Morgan fingerprint density at radius 3 is 2.40 bits per heavy atom. The molecule has 0 radical (unpaired) electrons. The zero-order chi connectivity index (χ0) is 18.0. The third kappa shape index (κ3) is 2.70. The number of ketones is 1. The summed E-state index contributed by atoms with van der Waals surface area (Å²) in [5.41, 5.74) is 0.223. The molecule has 0 heterocycles. The van der Waals surface area contributed by atoms with Crippen molar-refractivity contribution in [3.05, 3.63) is 0 Å². The number of carbonyl (C=O) groups is 1. The molecule has 1 N–H and O–H groups in total. The molecule has 0 spiro atoms. The Labute approximate surface area is 161 Å². The predicted octanol–water partition coefficient (Wildman–Crippen LogP) is 5.36. The standard InChI is InChI=1S/C22H35BrO2/c1-20(25)10-11-21(2)14(12-20)4-5-15-16-6-7-18(19(24)13-23)22(16,3)9-8-17(15)21/h14-18,25H,4-13H2,1-3H3/t14-,15+,16+,17-,18-,20+,21-,22+/m1/s1. The second-order valence-corrected chi connectivity index (χ2v) is 11.2. The number of aliphatic hydroxyl groups is 1. The van der Waals surface area contributed by atoms with E-state index in [0.717, 1.165) is 37.0 Å². The average molecular weight is 411 g/mol. The number of Topliss-reactive ketones (excluding diaryl/α,β-unsaturated/α-hetero) is 1. The first-order chi connectivity index (χ1) is 11.7. The van der Waals surface area contributed by atoms with Crippen molar-refractivity contribution in [1.82, 2.24) is 0 Å². The summed E-state index contributed by atoms with van der Waals surface area (Å²) >= 11 is 3.43. The highest BCUT2D eigenvalue weighted by molar-refractivity contribution is 9.09. The van der Waals surface area contributed by atoms with Crippen LogP contribution in [0, 0.1) is 40.4 Å². The molecule has 3 heteroatoms. The summed E-state index contributed by atoms with van der Waals surface area (Å²) in [5, 5.41) is 11.1. The molecule has 0 aliphatic heterocycles. The van der Waals surface area contributed by atoms with Gasteiger partial charge in [-0.25, -0.2) is 0 Å². The van der Waals surface area contributed by atoms with Crippen LogP contribution in [-0.4, -0.2) is 21.8 Å². The second-order valence-electron chi connectivity index (χ2n) is 10.6. The minimum atomic E-state index is -0.444. The van der Waals surface area contributed by atoms with Gasteiger partial charge in [-0.1, -0.05) is 29.8 Å². The summed E-state index contributed by atoms with van der Waals surface area (Å²) in [6.45, 7) is 7.03. The Morgan fingerprint density at radius 2 is 1.68 bits per heavy atom. The lowest BCUT2D eigenvalue weighted by Gasteiger charge is -2.61. The van der Waals surface area contributed by atoms with Crippen molar-refractivity contribution >= 4 is 21.7 Å². The third-order valence-corrected chi connectivity index (χ3v) is 10.0. The maximum absolute atomic E-state index is 12.5. The molecule has 0 saturated heterocycles. The summed E-state index contributed by atoms with van der Waals surface area (Å²) in [7, 11) is 0. The lowest BCUT2D eigenvalue weighted by atomic mass is 9.44. The van der Waals surface area contributed by atoms with Crippen LogP contribution in [0.15, 0.2) is 0 Å². The molecule has 0 unspecified atom stereocenters. The predicted molar refractivity (Wildman–Crippen MR) is 105 cm³/mol. The van der Waals surface area contributed by atoms with Crippen LogP contribution < -0.4 is 0 Å². The highest BCUT2D eigenvalue weighted by Crippen LogP contribution is 2.68. The van der Waals surface area contributed by atoms with E-state index >= 15 is 0 Å². The first-order valence-corrected chi connectivity index (χ1v) is 11.6. The van der Waals surface area contributed by atoms with Crippen LogP contribution in [0.3, 0.4) is 0 Å². The van der Waals surface area contributed by atoms with Crippen molar-refractivity contribution in [3.63, 3.8) is 0 Å². The van der Waals surface area contributed by atoms with E-state index in [9.17, 15) is 9.90 Å². The number of hydrogen-bond donors (Lipinski definition) is 1. The molecule has 0 amide bonds. The van der Waals surface area contributed by atoms with Gasteiger partial charge in [0.15, 0.2) is 0 Å². The van der Waals surface area contributed by atoms with Gasteiger partial charge < -0.3 is 5.11 Å². The molecule has 4 aliphatic carbocycles. The monoisotopic (exact) mass is 410 g/mol. The fourth-order valence-corrected chi connectivity index (χ4v) is 8.44. The Bertz CT molecular complexity index is 558. The number of fused-ring (bicyclic) bond motifs is 5. The van der Waals surface area contributed by atoms with Gasteiger partial charge in [-0.05, 0) is 99.2 Å². The van der Waals surface area contributed by atoms with Crippen LogP contribution in [0.5, 0.6) is 0 Å². The van der Waals surface area contributed by atoms with Crippen molar-refractivity contribution in [1.29, 1.82) is 0 Å². The summed E-state index contributed by atoms with van der Waals surface area (Å²) < 4.78 is 0. The Hall–Kier alpha value is 0.110. The third-order valence-electron chi connectivity index (χ3n) is 9.47. The van der Waals surface area contributed by atoms with Crippen LogP contribution >= 0.6 is 15.9 Å². The van der Waals surface area contributed by atoms with Gasteiger partial charge >= 0.3 is 0 Å².